The number of rotatable bonds is 4. The van der Waals surface area contributed by atoms with Crippen LogP contribution in [0.4, 0.5) is 17.6 Å². The summed E-state index contributed by atoms with van der Waals surface area (Å²) in [6.07, 6.45) is -4.54. The van der Waals surface area contributed by atoms with Crippen molar-refractivity contribution in [3.63, 3.8) is 0 Å². The quantitative estimate of drug-likeness (QED) is 0.656. The van der Waals surface area contributed by atoms with E-state index in [0.717, 1.165) is 12.1 Å². The maximum absolute atomic E-state index is 13.3. The number of hydrogen-bond donors (Lipinski definition) is 1. The molecule has 0 saturated carbocycles. The van der Waals surface area contributed by atoms with E-state index < -0.39 is 29.5 Å². The average molecular weight is 409 g/mol. The van der Waals surface area contributed by atoms with Gasteiger partial charge in [0.2, 0.25) is 5.91 Å². The van der Waals surface area contributed by atoms with Crippen LogP contribution in [0.25, 0.3) is 0 Å². The molecule has 1 aliphatic rings. The second-order valence-corrected chi connectivity index (χ2v) is 7.66. The van der Waals surface area contributed by atoms with Crippen LogP contribution in [0.15, 0.2) is 48.5 Å². The highest BCUT2D eigenvalue weighted by atomic mass is 19.4. The van der Waals surface area contributed by atoms with Gasteiger partial charge in [0.15, 0.2) is 0 Å². The standard InChI is InChI=1S/C22H23F4NO2/c1-3-20(28)27-21(2)12-18(14-7-9-17(23)10-8-14)29-19(13-21)15-5-4-6-16(11-15)22(24,25)26/h4-11,18-19H,3,12-13H2,1-2H3,(H,27,28)/t18-,19+,21-/m0/s1. The summed E-state index contributed by atoms with van der Waals surface area (Å²) < 4.78 is 58.9. The molecule has 3 nitrogen and oxygen atoms in total. The summed E-state index contributed by atoms with van der Waals surface area (Å²) in [7, 11) is 0. The maximum Gasteiger partial charge on any atom is 0.416 e. The smallest absolute Gasteiger partial charge is 0.365 e. The van der Waals surface area contributed by atoms with E-state index in [-0.39, 0.29) is 11.7 Å². The van der Waals surface area contributed by atoms with Crippen LogP contribution in [0.3, 0.4) is 0 Å². The molecule has 0 spiro atoms. The Morgan fingerprint density at radius 1 is 1.10 bits per heavy atom. The minimum Gasteiger partial charge on any atom is -0.365 e. The highest BCUT2D eigenvalue weighted by Crippen LogP contribution is 2.44. The van der Waals surface area contributed by atoms with E-state index in [1.807, 2.05) is 6.92 Å². The van der Waals surface area contributed by atoms with E-state index in [2.05, 4.69) is 5.32 Å². The van der Waals surface area contributed by atoms with Crippen molar-refractivity contribution in [2.75, 3.05) is 0 Å². The Balaban J connectivity index is 1.95. The third-order valence-electron chi connectivity index (χ3n) is 5.19. The van der Waals surface area contributed by atoms with Crippen molar-refractivity contribution < 1.29 is 27.1 Å². The van der Waals surface area contributed by atoms with Gasteiger partial charge in [-0.05, 0) is 42.3 Å². The predicted octanol–water partition coefficient (Wildman–Crippen LogP) is 5.72. The molecule has 0 radical (unpaired) electrons. The molecule has 1 amide bonds. The molecule has 2 aromatic rings. The number of alkyl halides is 3. The first kappa shape index (κ1) is 21.3. The Kier molecular flexibility index (Phi) is 5.98. The molecule has 1 N–H and O–H groups in total. The molecule has 29 heavy (non-hydrogen) atoms. The minimum atomic E-state index is -4.46. The highest BCUT2D eigenvalue weighted by molar-refractivity contribution is 5.76. The Morgan fingerprint density at radius 2 is 1.72 bits per heavy atom. The van der Waals surface area contributed by atoms with Crippen LogP contribution < -0.4 is 5.32 Å². The van der Waals surface area contributed by atoms with Crippen molar-refractivity contribution in [2.24, 2.45) is 0 Å². The SMILES string of the molecule is CCC(=O)N[C@@]1(C)C[C@@H](c2ccc(F)cc2)O[C@@H](c2cccc(C(F)(F)F)c2)C1. The van der Waals surface area contributed by atoms with Gasteiger partial charge in [0.05, 0.1) is 17.8 Å². The van der Waals surface area contributed by atoms with Crippen LogP contribution in [0.2, 0.25) is 0 Å². The summed E-state index contributed by atoms with van der Waals surface area (Å²) in [6.45, 7) is 3.60. The summed E-state index contributed by atoms with van der Waals surface area (Å²) in [5.41, 5.74) is -0.325. The van der Waals surface area contributed by atoms with Gasteiger partial charge in [0.1, 0.15) is 5.82 Å². The first-order valence-electron chi connectivity index (χ1n) is 9.49. The lowest BCUT2D eigenvalue weighted by molar-refractivity contribution is -0.137. The lowest BCUT2D eigenvalue weighted by Crippen LogP contribution is -2.50. The van der Waals surface area contributed by atoms with Crippen LogP contribution in [0.5, 0.6) is 0 Å². The van der Waals surface area contributed by atoms with Crippen molar-refractivity contribution in [2.45, 2.75) is 57.0 Å². The number of amides is 1. The lowest BCUT2D eigenvalue weighted by atomic mass is 9.81. The number of carbonyl (C=O) groups is 1. The maximum atomic E-state index is 13.3. The highest BCUT2D eigenvalue weighted by Gasteiger charge is 2.41. The third kappa shape index (κ3) is 5.15. The zero-order valence-corrected chi connectivity index (χ0v) is 16.2. The molecule has 0 aliphatic carbocycles. The Bertz CT molecular complexity index is 866. The Labute approximate surface area is 167 Å². The molecule has 156 valence electrons. The van der Waals surface area contributed by atoms with Crippen molar-refractivity contribution >= 4 is 5.91 Å². The number of ether oxygens (including phenoxy) is 1. The molecule has 3 rings (SSSR count). The van der Waals surface area contributed by atoms with E-state index in [9.17, 15) is 22.4 Å². The average Bonchev–Trinajstić information content (AvgIpc) is 2.67. The number of halogens is 4. The largest absolute Gasteiger partial charge is 0.416 e. The van der Waals surface area contributed by atoms with Crippen LogP contribution in [-0.4, -0.2) is 11.4 Å². The first-order valence-corrected chi connectivity index (χ1v) is 9.49. The van der Waals surface area contributed by atoms with E-state index in [1.54, 1.807) is 25.1 Å². The second kappa shape index (κ2) is 8.14. The fraction of sp³-hybridized carbons (Fsp3) is 0.409. The van der Waals surface area contributed by atoms with Gasteiger partial charge in [-0.2, -0.15) is 13.2 Å². The molecule has 1 saturated heterocycles. The van der Waals surface area contributed by atoms with E-state index in [1.165, 1.54) is 18.2 Å². The molecule has 0 bridgehead atoms. The summed E-state index contributed by atoms with van der Waals surface area (Å²) in [6, 6.07) is 10.9. The Morgan fingerprint density at radius 3 is 2.31 bits per heavy atom. The van der Waals surface area contributed by atoms with E-state index in [0.29, 0.717) is 30.4 Å². The summed E-state index contributed by atoms with van der Waals surface area (Å²) in [5, 5.41) is 2.99. The van der Waals surface area contributed by atoms with Crippen molar-refractivity contribution in [1.82, 2.24) is 5.32 Å². The number of carbonyl (C=O) groups excluding carboxylic acids is 1. The second-order valence-electron chi connectivity index (χ2n) is 7.66. The van der Waals surface area contributed by atoms with Crippen LogP contribution >= 0.6 is 0 Å². The lowest BCUT2D eigenvalue weighted by Gasteiger charge is -2.43. The molecule has 1 heterocycles. The summed E-state index contributed by atoms with van der Waals surface area (Å²) in [4.78, 5) is 12.1. The Hall–Kier alpha value is -2.41. The van der Waals surface area contributed by atoms with Crippen LogP contribution in [0.1, 0.15) is 62.0 Å². The molecule has 1 aliphatic heterocycles. The zero-order valence-electron chi connectivity index (χ0n) is 16.2. The summed E-state index contributed by atoms with van der Waals surface area (Å²) >= 11 is 0. The third-order valence-corrected chi connectivity index (χ3v) is 5.19. The van der Waals surface area contributed by atoms with Crippen molar-refractivity contribution in [3.05, 3.63) is 71.0 Å². The fourth-order valence-electron chi connectivity index (χ4n) is 3.71. The molecule has 2 aromatic carbocycles. The number of hydrogen-bond acceptors (Lipinski definition) is 2. The molecule has 0 unspecified atom stereocenters. The molecular formula is C22H23F4NO2. The van der Waals surface area contributed by atoms with Gasteiger partial charge >= 0.3 is 6.18 Å². The fourth-order valence-corrected chi connectivity index (χ4v) is 3.71. The number of nitrogens with one attached hydrogen (secondary N) is 1. The zero-order chi connectivity index (χ0) is 21.2. The first-order chi connectivity index (χ1) is 13.6. The number of benzene rings is 2. The van der Waals surface area contributed by atoms with Crippen LogP contribution in [0, 0.1) is 5.82 Å². The van der Waals surface area contributed by atoms with Gasteiger partial charge in [-0.1, -0.05) is 31.2 Å². The van der Waals surface area contributed by atoms with Crippen LogP contribution in [-0.2, 0) is 15.7 Å². The van der Waals surface area contributed by atoms with E-state index >= 15 is 0 Å². The molecule has 0 aromatic heterocycles. The van der Waals surface area contributed by atoms with Gasteiger partial charge in [0, 0.05) is 24.8 Å². The van der Waals surface area contributed by atoms with Crippen molar-refractivity contribution in [1.29, 1.82) is 0 Å². The molecule has 1 fully saturated rings. The minimum absolute atomic E-state index is 0.143. The summed E-state index contributed by atoms with van der Waals surface area (Å²) in [5.74, 6) is -0.531. The monoisotopic (exact) mass is 409 g/mol. The topological polar surface area (TPSA) is 38.3 Å². The molecule has 3 atom stereocenters. The van der Waals surface area contributed by atoms with E-state index in [4.69, 9.17) is 4.74 Å². The molecule has 7 heteroatoms. The van der Waals surface area contributed by atoms with Gasteiger partial charge in [-0.3, -0.25) is 4.79 Å². The molecular weight excluding hydrogens is 386 g/mol. The van der Waals surface area contributed by atoms with Gasteiger partial charge in [-0.25, -0.2) is 4.39 Å². The normalized spacial score (nSPS) is 24.9. The van der Waals surface area contributed by atoms with Gasteiger partial charge in [0.25, 0.3) is 0 Å². The van der Waals surface area contributed by atoms with Gasteiger partial charge < -0.3 is 10.1 Å². The van der Waals surface area contributed by atoms with Gasteiger partial charge in [-0.15, -0.1) is 0 Å². The van der Waals surface area contributed by atoms with Crippen molar-refractivity contribution in [3.8, 4) is 0 Å². The predicted molar refractivity (Wildman–Crippen MR) is 100 cm³/mol.